The van der Waals surface area contributed by atoms with Crippen LogP contribution in [0.25, 0.3) is 20.2 Å². The lowest BCUT2D eigenvalue weighted by atomic mass is 10.1. The fraction of sp³-hybridized carbons (Fsp3) is 0.348. The molecule has 3 rings (SSSR count). The summed E-state index contributed by atoms with van der Waals surface area (Å²) >= 11 is 1.36. The van der Waals surface area contributed by atoms with Crippen molar-refractivity contribution < 1.29 is 29.3 Å². The normalized spacial score (nSPS) is 10.9. The van der Waals surface area contributed by atoms with Crippen molar-refractivity contribution in [2.24, 2.45) is 0 Å². The van der Waals surface area contributed by atoms with Crippen LogP contribution in [-0.4, -0.2) is 85.4 Å². The number of aliphatic hydroxyl groups is 2. The molecule has 9 nitrogen and oxygen atoms in total. The second-order valence-corrected chi connectivity index (χ2v) is 8.43. The van der Waals surface area contributed by atoms with Gasteiger partial charge in [-0.15, -0.1) is 11.3 Å². The van der Waals surface area contributed by atoms with E-state index in [1.54, 1.807) is 38.4 Å². The molecule has 0 aliphatic carbocycles. The second kappa shape index (κ2) is 11.1. The van der Waals surface area contributed by atoms with E-state index in [1.165, 1.54) is 21.1 Å². The second-order valence-electron chi connectivity index (χ2n) is 7.38. The van der Waals surface area contributed by atoms with Crippen molar-refractivity contribution in [1.82, 2.24) is 9.80 Å². The van der Waals surface area contributed by atoms with E-state index in [-0.39, 0.29) is 68.3 Å². The van der Waals surface area contributed by atoms with E-state index < -0.39 is 0 Å². The zero-order valence-electron chi connectivity index (χ0n) is 18.4. The van der Waals surface area contributed by atoms with E-state index in [2.05, 4.69) is 0 Å². The Morgan fingerprint density at radius 2 is 1.52 bits per heavy atom. The molecule has 0 unspecified atom stereocenters. The van der Waals surface area contributed by atoms with Crippen LogP contribution in [0.5, 0.6) is 11.5 Å². The number of carbonyl (C=O) groups is 2. The van der Waals surface area contributed by atoms with Gasteiger partial charge in [0.05, 0.1) is 17.9 Å². The molecule has 1 aromatic heterocycles. The molecule has 176 valence electrons. The highest BCUT2D eigenvalue weighted by Crippen LogP contribution is 2.35. The lowest BCUT2D eigenvalue weighted by Gasteiger charge is -2.18. The van der Waals surface area contributed by atoms with E-state index in [4.69, 9.17) is 19.7 Å². The van der Waals surface area contributed by atoms with Crippen LogP contribution < -0.4 is 14.9 Å². The first-order valence-electron chi connectivity index (χ1n) is 10.3. The molecule has 2 aromatic carbocycles. The van der Waals surface area contributed by atoms with E-state index >= 15 is 0 Å². The molecule has 0 aliphatic rings. The Kier molecular flexibility index (Phi) is 8.21. The smallest absolute Gasteiger partial charge is 0.260 e. The van der Waals surface area contributed by atoms with Crippen LogP contribution in [0.15, 0.2) is 41.2 Å². The van der Waals surface area contributed by atoms with Crippen molar-refractivity contribution in [1.29, 1.82) is 0 Å². The van der Waals surface area contributed by atoms with Crippen LogP contribution in [0.2, 0.25) is 0 Å². The summed E-state index contributed by atoms with van der Waals surface area (Å²) in [5.74, 6) is -0.134. The van der Waals surface area contributed by atoms with Gasteiger partial charge in [0.15, 0.2) is 18.6 Å². The number of fused-ring (bicyclic) bond motifs is 2. The molecule has 0 atom stereocenters. The van der Waals surface area contributed by atoms with Gasteiger partial charge < -0.3 is 29.5 Å². The Morgan fingerprint density at radius 3 is 2.15 bits per heavy atom. The summed E-state index contributed by atoms with van der Waals surface area (Å²) in [6.45, 7) is -0.556. The van der Waals surface area contributed by atoms with Gasteiger partial charge in [0.1, 0.15) is 11.5 Å². The molecule has 0 spiro atoms. The first-order valence-corrected chi connectivity index (χ1v) is 11.1. The Balaban J connectivity index is 1.97. The molecular formula is C23H26N2O7S. The zero-order valence-corrected chi connectivity index (χ0v) is 19.3. The number of nitrogens with zero attached hydrogens (tertiary/aromatic N) is 2. The molecule has 0 saturated heterocycles. The molecule has 0 saturated carbocycles. The highest BCUT2D eigenvalue weighted by atomic mass is 32.1. The first-order chi connectivity index (χ1) is 15.8. The number of amides is 2. The number of rotatable bonds is 10. The number of hydrogen-bond acceptors (Lipinski definition) is 8. The zero-order chi connectivity index (χ0) is 24.0. The summed E-state index contributed by atoms with van der Waals surface area (Å²) < 4.78 is 12.7. The van der Waals surface area contributed by atoms with Gasteiger partial charge in [0.25, 0.3) is 11.8 Å². The lowest BCUT2D eigenvalue weighted by Crippen LogP contribution is -2.33. The van der Waals surface area contributed by atoms with Crippen LogP contribution in [0.3, 0.4) is 0 Å². The van der Waals surface area contributed by atoms with Crippen LogP contribution >= 0.6 is 11.3 Å². The van der Waals surface area contributed by atoms with Crippen LogP contribution in [0.1, 0.15) is 0 Å². The minimum atomic E-state index is -0.337. The molecule has 1 heterocycles. The lowest BCUT2D eigenvalue weighted by molar-refractivity contribution is -0.133. The quantitative estimate of drug-likeness (QED) is 0.422. The molecule has 2 N–H and O–H groups in total. The van der Waals surface area contributed by atoms with Crippen molar-refractivity contribution in [3.05, 3.63) is 46.6 Å². The largest absolute Gasteiger partial charge is 0.484 e. The highest BCUT2D eigenvalue weighted by Gasteiger charge is 2.17. The van der Waals surface area contributed by atoms with Gasteiger partial charge in [-0.25, -0.2) is 0 Å². The van der Waals surface area contributed by atoms with Gasteiger partial charge in [0.2, 0.25) is 0 Å². The summed E-state index contributed by atoms with van der Waals surface area (Å²) in [7, 11) is 3.11. The number of hydrogen-bond donors (Lipinski definition) is 2. The molecule has 0 bridgehead atoms. The highest BCUT2D eigenvalue weighted by molar-refractivity contribution is 7.24. The fourth-order valence-electron chi connectivity index (χ4n) is 3.09. The van der Waals surface area contributed by atoms with E-state index in [0.717, 1.165) is 4.70 Å². The number of benzene rings is 2. The van der Waals surface area contributed by atoms with E-state index in [0.29, 0.717) is 15.5 Å². The molecule has 33 heavy (non-hydrogen) atoms. The Morgan fingerprint density at radius 1 is 0.909 bits per heavy atom. The predicted molar refractivity (Wildman–Crippen MR) is 126 cm³/mol. The predicted octanol–water partition coefficient (Wildman–Crippen LogP) is 1.07. The molecule has 3 aromatic rings. The number of ether oxygens (including phenoxy) is 2. The van der Waals surface area contributed by atoms with Crippen molar-refractivity contribution in [2.45, 2.75) is 0 Å². The number of likely N-dealkylation sites (N-methyl/N-ethyl adjacent to an activating group) is 2. The summed E-state index contributed by atoms with van der Waals surface area (Å²) in [5, 5.41) is 18.9. The summed E-state index contributed by atoms with van der Waals surface area (Å²) in [6, 6.07) is 10.3. The van der Waals surface area contributed by atoms with Crippen molar-refractivity contribution in [2.75, 3.05) is 53.6 Å². The minimum Gasteiger partial charge on any atom is -0.484 e. The Labute approximate surface area is 194 Å². The van der Waals surface area contributed by atoms with Gasteiger partial charge in [-0.2, -0.15) is 0 Å². The maximum Gasteiger partial charge on any atom is 0.260 e. The Bertz CT molecular complexity index is 1210. The maximum atomic E-state index is 13.1. The monoisotopic (exact) mass is 474 g/mol. The first kappa shape index (κ1) is 24.4. The summed E-state index contributed by atoms with van der Waals surface area (Å²) in [6.07, 6.45) is 0. The van der Waals surface area contributed by atoms with Crippen molar-refractivity contribution in [3.8, 4) is 11.5 Å². The maximum absolute atomic E-state index is 13.1. The van der Waals surface area contributed by atoms with Gasteiger partial charge in [-0.05, 0) is 18.2 Å². The standard InChI is InChI=1S/C23H26N2O7S/c1-24(7-9-26)20(28)13-31-15-11-17-22(30)16-5-3-4-6-19(16)33-23(17)18(12-15)32-14-21(29)25(2)8-10-27/h3-6,11-12,26-27H,7-10,13-14H2,1-2H3. The third-order valence-corrected chi connectivity index (χ3v) is 6.25. The van der Waals surface area contributed by atoms with Crippen LogP contribution in [0.4, 0.5) is 0 Å². The molecule has 2 amide bonds. The molecule has 0 fully saturated rings. The molecule has 0 radical (unpaired) electrons. The number of aliphatic hydroxyl groups excluding tert-OH is 2. The topological polar surface area (TPSA) is 117 Å². The van der Waals surface area contributed by atoms with Crippen molar-refractivity contribution >= 4 is 43.3 Å². The SMILES string of the molecule is CN(CCO)C(=O)COc1cc(OCC(=O)N(C)CCO)c2sc3ccccc3c(=O)c2c1. The van der Waals surface area contributed by atoms with Gasteiger partial charge >= 0.3 is 0 Å². The molecule has 0 aliphatic heterocycles. The average molecular weight is 475 g/mol. The minimum absolute atomic E-state index is 0.164. The summed E-state index contributed by atoms with van der Waals surface area (Å²) in [4.78, 5) is 40.3. The van der Waals surface area contributed by atoms with Crippen molar-refractivity contribution in [3.63, 3.8) is 0 Å². The third-order valence-electron chi connectivity index (χ3n) is 5.05. The van der Waals surface area contributed by atoms with Crippen LogP contribution in [0, 0.1) is 0 Å². The fourth-order valence-corrected chi connectivity index (χ4v) is 4.21. The number of carbonyl (C=O) groups excluding carboxylic acids is 2. The van der Waals surface area contributed by atoms with E-state index in [9.17, 15) is 14.4 Å². The third kappa shape index (κ3) is 5.78. The molecular weight excluding hydrogens is 448 g/mol. The molecule has 10 heteroatoms. The van der Waals surface area contributed by atoms with E-state index in [1.807, 2.05) is 12.1 Å². The van der Waals surface area contributed by atoms with Gasteiger partial charge in [-0.1, -0.05) is 12.1 Å². The van der Waals surface area contributed by atoms with Crippen LogP contribution in [-0.2, 0) is 9.59 Å². The Hall–Kier alpha value is -3.21. The summed E-state index contributed by atoms with van der Waals surface area (Å²) in [5.41, 5.74) is -0.206. The average Bonchev–Trinajstić information content (AvgIpc) is 2.81. The van der Waals surface area contributed by atoms with Gasteiger partial charge in [0, 0.05) is 48.7 Å². The van der Waals surface area contributed by atoms with Gasteiger partial charge in [-0.3, -0.25) is 14.4 Å².